The van der Waals surface area contributed by atoms with Gasteiger partial charge in [-0.05, 0) is 42.0 Å². The Kier molecular flexibility index (Phi) is 8.12. The van der Waals surface area contributed by atoms with Crippen molar-refractivity contribution in [3.05, 3.63) is 105 Å². The lowest BCUT2D eigenvalue weighted by Crippen LogP contribution is -2.14. The maximum atomic E-state index is 12.7. The molecule has 1 N–H and O–H groups in total. The number of hydrogen-bond acceptors (Lipinski definition) is 6. The number of amides is 1. The van der Waals surface area contributed by atoms with E-state index in [-0.39, 0.29) is 11.7 Å². The molecule has 5 aromatic rings. The van der Waals surface area contributed by atoms with Crippen LogP contribution in [0.1, 0.15) is 10.4 Å². The number of thioether (sulfide) groups is 1. The van der Waals surface area contributed by atoms with Gasteiger partial charge in [0.05, 0.1) is 10.8 Å². The number of nitrogens with one attached hydrogen (secondary N) is 1. The van der Waals surface area contributed by atoms with Crippen molar-refractivity contribution in [2.75, 3.05) is 11.1 Å². The van der Waals surface area contributed by atoms with E-state index in [9.17, 15) is 4.79 Å². The van der Waals surface area contributed by atoms with Crippen molar-refractivity contribution in [2.45, 2.75) is 11.6 Å². The number of anilines is 1. The first-order valence-corrected chi connectivity index (χ1v) is 14.0. The highest BCUT2D eigenvalue weighted by molar-refractivity contribution is 7.99. The summed E-state index contributed by atoms with van der Waals surface area (Å²) < 4.78 is 1.90. The maximum Gasteiger partial charge on any atom is 0.236 e. The zero-order chi connectivity index (χ0) is 25.8. The third kappa shape index (κ3) is 6.17. The van der Waals surface area contributed by atoms with Gasteiger partial charge in [0, 0.05) is 38.8 Å². The fraction of sp³-hybridized carbons (Fsp3) is 0.0769. The van der Waals surface area contributed by atoms with Crippen molar-refractivity contribution >= 4 is 68.9 Å². The monoisotopic (exact) mass is 585 g/mol. The number of nitrogens with zero attached hydrogens (tertiary/aromatic N) is 4. The average molecular weight is 587 g/mol. The lowest BCUT2D eigenvalue weighted by Gasteiger charge is -2.11. The summed E-state index contributed by atoms with van der Waals surface area (Å²) in [5.74, 6) is 0.535. The summed E-state index contributed by atoms with van der Waals surface area (Å²) in [6, 6.07) is 22.6. The normalized spacial score (nSPS) is 11.0. The molecule has 2 aromatic heterocycles. The van der Waals surface area contributed by atoms with Gasteiger partial charge in [0.25, 0.3) is 0 Å². The fourth-order valence-corrected chi connectivity index (χ4v) is 5.87. The Hall–Kier alpha value is -2.88. The first-order valence-electron chi connectivity index (χ1n) is 11.0. The Morgan fingerprint density at radius 1 is 0.946 bits per heavy atom. The van der Waals surface area contributed by atoms with Crippen molar-refractivity contribution in [1.29, 1.82) is 0 Å². The summed E-state index contributed by atoms with van der Waals surface area (Å²) in [6.07, 6.45) is 2.34. The van der Waals surface area contributed by atoms with E-state index in [0.29, 0.717) is 37.6 Å². The van der Waals surface area contributed by atoms with Gasteiger partial charge < -0.3 is 5.32 Å². The Morgan fingerprint density at radius 2 is 1.73 bits per heavy atom. The molecule has 0 aliphatic carbocycles. The second-order valence-electron chi connectivity index (χ2n) is 7.84. The van der Waals surface area contributed by atoms with E-state index in [1.54, 1.807) is 18.3 Å². The molecule has 11 heteroatoms. The van der Waals surface area contributed by atoms with Gasteiger partial charge in [-0.25, -0.2) is 4.98 Å². The van der Waals surface area contributed by atoms with Crippen LogP contribution in [0.25, 0.3) is 17.1 Å². The number of benzene rings is 3. The molecule has 3 aromatic carbocycles. The number of carbonyl (C=O) groups is 1. The molecule has 0 aliphatic heterocycles. The molecular weight excluding hydrogens is 569 g/mol. The van der Waals surface area contributed by atoms with Gasteiger partial charge in [-0.1, -0.05) is 83.0 Å². The molecular formula is C26H18Cl3N5OS2. The lowest BCUT2D eigenvalue weighted by molar-refractivity contribution is -0.113. The summed E-state index contributed by atoms with van der Waals surface area (Å²) in [7, 11) is 0. The van der Waals surface area contributed by atoms with Crippen LogP contribution < -0.4 is 5.32 Å². The molecule has 0 radical (unpaired) electrons. The first-order chi connectivity index (χ1) is 18.0. The maximum absolute atomic E-state index is 12.7. The highest BCUT2D eigenvalue weighted by Gasteiger charge is 2.19. The van der Waals surface area contributed by atoms with E-state index in [0.717, 1.165) is 21.7 Å². The van der Waals surface area contributed by atoms with Gasteiger partial charge in [0.1, 0.15) is 0 Å². The summed E-state index contributed by atoms with van der Waals surface area (Å²) in [5.41, 5.74) is 2.57. The van der Waals surface area contributed by atoms with Gasteiger partial charge >= 0.3 is 0 Å². The van der Waals surface area contributed by atoms with Gasteiger partial charge in [0.2, 0.25) is 5.91 Å². The second kappa shape index (κ2) is 11.7. The van der Waals surface area contributed by atoms with Crippen LogP contribution in [-0.4, -0.2) is 31.4 Å². The van der Waals surface area contributed by atoms with Crippen molar-refractivity contribution in [3.63, 3.8) is 0 Å². The van der Waals surface area contributed by atoms with Crippen LogP contribution in [0.5, 0.6) is 0 Å². The van der Waals surface area contributed by atoms with Crippen molar-refractivity contribution < 1.29 is 4.79 Å². The molecule has 0 unspecified atom stereocenters. The summed E-state index contributed by atoms with van der Waals surface area (Å²) in [4.78, 5) is 18.1. The molecule has 0 atom stereocenters. The summed E-state index contributed by atoms with van der Waals surface area (Å²) in [6.45, 7) is 0. The molecule has 0 saturated heterocycles. The third-order valence-corrected chi connectivity index (χ3v) is 8.03. The van der Waals surface area contributed by atoms with Crippen molar-refractivity contribution in [2.24, 2.45) is 0 Å². The molecule has 5 rings (SSSR count). The SMILES string of the molecule is O=C(CSc1nnc(-c2ccccc2Cl)n1-c1ccccc1)Nc1ncc(Cc2ccc(Cl)cc2Cl)s1. The molecule has 0 aliphatic rings. The largest absolute Gasteiger partial charge is 0.301 e. The number of rotatable bonds is 8. The zero-order valence-corrected chi connectivity index (χ0v) is 23.0. The molecule has 0 saturated carbocycles. The first kappa shape index (κ1) is 25.8. The minimum atomic E-state index is -0.197. The van der Waals surface area contributed by atoms with Crippen molar-refractivity contribution in [1.82, 2.24) is 19.7 Å². The van der Waals surface area contributed by atoms with Crippen LogP contribution in [0.4, 0.5) is 5.13 Å². The predicted octanol–water partition coefficient (Wildman–Crippen LogP) is 7.67. The number of thiazole rings is 1. The van der Waals surface area contributed by atoms with E-state index < -0.39 is 0 Å². The quantitative estimate of drug-likeness (QED) is 0.189. The number of aromatic nitrogens is 4. The van der Waals surface area contributed by atoms with Crippen LogP contribution in [0.2, 0.25) is 15.1 Å². The molecule has 0 bridgehead atoms. The van der Waals surface area contributed by atoms with Crippen LogP contribution in [0.15, 0.2) is 84.1 Å². The predicted molar refractivity (Wildman–Crippen MR) is 153 cm³/mol. The molecule has 1 amide bonds. The summed E-state index contributed by atoms with van der Waals surface area (Å²) in [5, 5.41) is 14.5. The molecule has 6 nitrogen and oxygen atoms in total. The van der Waals surface area contributed by atoms with Gasteiger partial charge in [0.15, 0.2) is 16.1 Å². The Bertz CT molecular complexity index is 1560. The van der Waals surface area contributed by atoms with Crippen LogP contribution in [0, 0.1) is 0 Å². The Labute approximate surface area is 236 Å². The van der Waals surface area contributed by atoms with E-state index in [1.165, 1.54) is 23.1 Å². The third-order valence-electron chi connectivity index (χ3n) is 5.27. The minimum absolute atomic E-state index is 0.130. The Balaban J connectivity index is 1.29. The fourth-order valence-electron chi connectivity index (χ4n) is 3.58. The summed E-state index contributed by atoms with van der Waals surface area (Å²) >= 11 is 21.4. The van der Waals surface area contributed by atoms with E-state index >= 15 is 0 Å². The average Bonchev–Trinajstić information content (AvgIpc) is 3.52. The number of hydrogen-bond donors (Lipinski definition) is 1. The highest BCUT2D eigenvalue weighted by Crippen LogP contribution is 2.32. The number of carbonyl (C=O) groups excluding carboxylic acids is 1. The Morgan fingerprint density at radius 3 is 2.51 bits per heavy atom. The zero-order valence-electron chi connectivity index (χ0n) is 19.1. The molecule has 0 spiro atoms. The number of halogens is 3. The lowest BCUT2D eigenvalue weighted by atomic mass is 10.1. The molecule has 2 heterocycles. The number of para-hydroxylation sites is 1. The van der Waals surface area contributed by atoms with Gasteiger partial charge in [-0.2, -0.15) is 0 Å². The van der Waals surface area contributed by atoms with Gasteiger partial charge in [-0.15, -0.1) is 21.5 Å². The van der Waals surface area contributed by atoms with Crippen LogP contribution in [-0.2, 0) is 11.2 Å². The van der Waals surface area contributed by atoms with Gasteiger partial charge in [-0.3, -0.25) is 9.36 Å². The van der Waals surface area contributed by atoms with E-state index in [1.807, 2.05) is 65.2 Å². The molecule has 37 heavy (non-hydrogen) atoms. The second-order valence-corrected chi connectivity index (χ2v) is 11.1. The smallest absolute Gasteiger partial charge is 0.236 e. The highest BCUT2D eigenvalue weighted by atomic mass is 35.5. The standard InChI is InChI=1S/C26H18Cl3N5OS2/c27-17-11-10-16(22(29)13-17)12-19-14-30-25(37-19)31-23(35)15-36-26-33-32-24(20-8-4-5-9-21(20)28)34(26)18-6-2-1-3-7-18/h1-11,13-14H,12,15H2,(H,30,31,35). The van der Waals surface area contributed by atoms with Crippen LogP contribution >= 0.6 is 57.9 Å². The van der Waals surface area contributed by atoms with E-state index in [4.69, 9.17) is 34.8 Å². The molecule has 0 fully saturated rings. The molecule has 186 valence electrons. The van der Waals surface area contributed by atoms with Crippen molar-refractivity contribution in [3.8, 4) is 17.1 Å². The van der Waals surface area contributed by atoms with Crippen LogP contribution in [0.3, 0.4) is 0 Å². The van der Waals surface area contributed by atoms with E-state index in [2.05, 4.69) is 20.5 Å². The topological polar surface area (TPSA) is 72.7 Å². The minimum Gasteiger partial charge on any atom is -0.301 e.